The van der Waals surface area contributed by atoms with Crippen molar-refractivity contribution in [3.05, 3.63) is 48.4 Å². The third-order valence-electron chi connectivity index (χ3n) is 4.99. The van der Waals surface area contributed by atoms with Gasteiger partial charge in [0, 0.05) is 31.9 Å². The number of ether oxygens (including phenoxy) is 1. The Hall–Kier alpha value is -2.96. The van der Waals surface area contributed by atoms with Crippen LogP contribution in [0.4, 0.5) is 5.69 Å². The summed E-state index contributed by atoms with van der Waals surface area (Å²) in [7, 11) is 1.65. The average Bonchev–Trinajstić information content (AvgIpc) is 3.26. The van der Waals surface area contributed by atoms with E-state index in [4.69, 9.17) is 9.15 Å². The van der Waals surface area contributed by atoms with Gasteiger partial charge in [-0.15, -0.1) is 0 Å². The number of benzene rings is 1. The molecule has 7 nitrogen and oxygen atoms in total. The lowest BCUT2D eigenvalue weighted by atomic mass is 10.0. The van der Waals surface area contributed by atoms with Crippen LogP contribution in [0.5, 0.6) is 5.75 Å². The number of piperazine rings is 1. The molecule has 3 rings (SSSR count). The summed E-state index contributed by atoms with van der Waals surface area (Å²) in [6.07, 6.45) is 1.44. The van der Waals surface area contributed by atoms with Crippen LogP contribution in [-0.4, -0.2) is 56.0 Å². The van der Waals surface area contributed by atoms with Crippen molar-refractivity contribution in [3.8, 4) is 5.75 Å². The second-order valence-electron chi connectivity index (χ2n) is 7.18. The predicted molar refractivity (Wildman–Crippen MR) is 107 cm³/mol. The lowest BCUT2D eigenvalue weighted by Gasteiger charge is -2.38. The molecule has 1 aliphatic heterocycles. The molecule has 2 amide bonds. The Balaban J connectivity index is 1.59. The fourth-order valence-electron chi connectivity index (χ4n) is 3.31. The number of rotatable bonds is 6. The van der Waals surface area contributed by atoms with E-state index < -0.39 is 6.04 Å². The van der Waals surface area contributed by atoms with E-state index in [2.05, 4.69) is 10.2 Å². The lowest BCUT2D eigenvalue weighted by molar-refractivity contribution is -0.134. The summed E-state index contributed by atoms with van der Waals surface area (Å²) in [5.74, 6) is 0.594. The Morgan fingerprint density at radius 1 is 1.07 bits per heavy atom. The first kappa shape index (κ1) is 19.8. The number of nitrogens with zero attached hydrogens (tertiary/aromatic N) is 2. The first-order valence-electron chi connectivity index (χ1n) is 9.51. The molecule has 28 heavy (non-hydrogen) atoms. The van der Waals surface area contributed by atoms with Crippen molar-refractivity contribution >= 4 is 17.5 Å². The van der Waals surface area contributed by atoms with Crippen LogP contribution in [0.25, 0.3) is 0 Å². The summed E-state index contributed by atoms with van der Waals surface area (Å²) in [5, 5.41) is 2.82. The molecule has 1 atom stereocenters. The fourth-order valence-corrected chi connectivity index (χ4v) is 3.31. The largest absolute Gasteiger partial charge is 0.497 e. The van der Waals surface area contributed by atoms with E-state index in [0.29, 0.717) is 13.1 Å². The molecule has 1 saturated heterocycles. The molecule has 2 heterocycles. The third-order valence-corrected chi connectivity index (χ3v) is 4.99. The predicted octanol–water partition coefficient (Wildman–Crippen LogP) is 2.39. The Kier molecular flexibility index (Phi) is 6.23. The van der Waals surface area contributed by atoms with Crippen LogP contribution in [0.15, 0.2) is 47.1 Å². The molecule has 1 fully saturated rings. The van der Waals surface area contributed by atoms with Gasteiger partial charge in [-0.25, -0.2) is 0 Å². The van der Waals surface area contributed by atoms with Crippen LogP contribution in [0.2, 0.25) is 0 Å². The Morgan fingerprint density at radius 3 is 2.29 bits per heavy atom. The second-order valence-corrected chi connectivity index (χ2v) is 7.18. The average molecular weight is 385 g/mol. The molecule has 1 N–H and O–H groups in total. The molecule has 1 aromatic carbocycles. The van der Waals surface area contributed by atoms with E-state index in [0.717, 1.165) is 24.5 Å². The summed E-state index contributed by atoms with van der Waals surface area (Å²) in [4.78, 5) is 29.4. The van der Waals surface area contributed by atoms with Gasteiger partial charge in [0.15, 0.2) is 5.76 Å². The maximum absolute atomic E-state index is 13.0. The molecule has 0 unspecified atom stereocenters. The molecule has 2 aromatic rings. The van der Waals surface area contributed by atoms with Gasteiger partial charge >= 0.3 is 0 Å². The van der Waals surface area contributed by atoms with Crippen LogP contribution < -0.4 is 15.0 Å². The topological polar surface area (TPSA) is 75.0 Å². The highest BCUT2D eigenvalue weighted by Gasteiger charge is 2.31. The van der Waals surface area contributed by atoms with E-state index in [1.165, 1.54) is 6.26 Å². The summed E-state index contributed by atoms with van der Waals surface area (Å²) >= 11 is 0. The van der Waals surface area contributed by atoms with Gasteiger partial charge in [-0.3, -0.25) is 9.59 Å². The maximum atomic E-state index is 13.0. The fraction of sp³-hybridized carbons (Fsp3) is 0.429. The lowest BCUT2D eigenvalue weighted by Crippen LogP contribution is -2.56. The summed E-state index contributed by atoms with van der Waals surface area (Å²) in [5.41, 5.74) is 1.11. The first-order valence-corrected chi connectivity index (χ1v) is 9.51. The molecule has 0 bridgehead atoms. The summed E-state index contributed by atoms with van der Waals surface area (Å²) in [6.45, 7) is 6.58. The number of amides is 2. The number of nitrogens with one attached hydrogen (secondary N) is 1. The Bertz CT molecular complexity index is 778. The Labute approximate surface area is 165 Å². The van der Waals surface area contributed by atoms with Crippen LogP contribution in [0.1, 0.15) is 24.4 Å². The maximum Gasteiger partial charge on any atom is 0.287 e. The summed E-state index contributed by atoms with van der Waals surface area (Å²) in [6, 6.07) is 10.6. The minimum absolute atomic E-state index is 0.0222. The molecule has 1 aromatic heterocycles. The van der Waals surface area contributed by atoms with E-state index in [9.17, 15) is 9.59 Å². The summed E-state index contributed by atoms with van der Waals surface area (Å²) < 4.78 is 10.3. The number of carbonyl (C=O) groups excluding carboxylic acids is 2. The third kappa shape index (κ3) is 4.47. The highest BCUT2D eigenvalue weighted by atomic mass is 16.5. The first-order chi connectivity index (χ1) is 13.5. The molecule has 0 saturated carbocycles. The molecule has 7 heteroatoms. The molecule has 0 aliphatic carbocycles. The van der Waals surface area contributed by atoms with E-state index in [-0.39, 0.29) is 23.5 Å². The van der Waals surface area contributed by atoms with Crippen molar-refractivity contribution in [1.29, 1.82) is 0 Å². The Morgan fingerprint density at radius 2 is 1.75 bits per heavy atom. The molecular weight excluding hydrogens is 358 g/mol. The van der Waals surface area contributed by atoms with Gasteiger partial charge in [-0.2, -0.15) is 0 Å². The second kappa shape index (κ2) is 8.82. The van der Waals surface area contributed by atoms with Crippen LogP contribution >= 0.6 is 0 Å². The standard InChI is InChI=1S/C21H27N3O4/c1-15(2)19(22-20(25)18-5-4-14-28-18)21(26)24-12-10-23(11-13-24)16-6-8-17(27-3)9-7-16/h4-9,14-15,19H,10-13H2,1-3H3,(H,22,25)/t19-/m0/s1. The number of hydrogen-bond donors (Lipinski definition) is 1. The van der Waals surface area contributed by atoms with Crippen LogP contribution in [0.3, 0.4) is 0 Å². The monoisotopic (exact) mass is 385 g/mol. The minimum Gasteiger partial charge on any atom is -0.497 e. The SMILES string of the molecule is COc1ccc(N2CCN(C(=O)[C@@H](NC(=O)c3ccco3)C(C)C)CC2)cc1. The highest BCUT2D eigenvalue weighted by molar-refractivity contribution is 5.95. The minimum atomic E-state index is -0.579. The van der Waals surface area contributed by atoms with Gasteiger partial charge in [0.1, 0.15) is 11.8 Å². The smallest absolute Gasteiger partial charge is 0.287 e. The number of hydrogen-bond acceptors (Lipinski definition) is 5. The molecule has 0 radical (unpaired) electrons. The zero-order valence-corrected chi connectivity index (χ0v) is 16.6. The van der Waals surface area contributed by atoms with E-state index in [1.807, 2.05) is 43.0 Å². The molecule has 0 spiro atoms. The van der Waals surface area contributed by atoms with Crippen molar-refractivity contribution in [3.63, 3.8) is 0 Å². The van der Waals surface area contributed by atoms with Gasteiger partial charge in [0.05, 0.1) is 13.4 Å². The number of furan rings is 1. The van der Waals surface area contributed by atoms with Crippen molar-refractivity contribution in [2.75, 3.05) is 38.2 Å². The van der Waals surface area contributed by atoms with Gasteiger partial charge in [0.2, 0.25) is 5.91 Å². The molecule has 150 valence electrons. The van der Waals surface area contributed by atoms with Gasteiger partial charge in [-0.05, 0) is 42.3 Å². The number of carbonyl (C=O) groups is 2. The number of anilines is 1. The quantitative estimate of drug-likeness (QED) is 0.826. The van der Waals surface area contributed by atoms with Crippen LogP contribution in [0, 0.1) is 5.92 Å². The highest BCUT2D eigenvalue weighted by Crippen LogP contribution is 2.21. The van der Waals surface area contributed by atoms with Crippen molar-refractivity contribution in [2.24, 2.45) is 5.92 Å². The molecule has 1 aliphatic rings. The van der Waals surface area contributed by atoms with Gasteiger partial charge in [-0.1, -0.05) is 13.8 Å². The van der Waals surface area contributed by atoms with Crippen molar-refractivity contribution in [2.45, 2.75) is 19.9 Å². The van der Waals surface area contributed by atoms with Crippen LogP contribution in [-0.2, 0) is 4.79 Å². The van der Waals surface area contributed by atoms with Gasteiger partial charge in [0.25, 0.3) is 5.91 Å². The number of methoxy groups -OCH3 is 1. The van der Waals surface area contributed by atoms with Gasteiger partial charge < -0.3 is 24.3 Å². The zero-order valence-electron chi connectivity index (χ0n) is 16.6. The van der Waals surface area contributed by atoms with Crippen molar-refractivity contribution in [1.82, 2.24) is 10.2 Å². The van der Waals surface area contributed by atoms with E-state index >= 15 is 0 Å². The van der Waals surface area contributed by atoms with E-state index in [1.54, 1.807) is 19.2 Å². The van der Waals surface area contributed by atoms with Crippen molar-refractivity contribution < 1.29 is 18.7 Å². The normalized spacial score (nSPS) is 15.4. The molecular formula is C21H27N3O4. The zero-order chi connectivity index (χ0) is 20.1.